The van der Waals surface area contributed by atoms with Crippen LogP contribution < -0.4 is 21.7 Å². The zero-order valence-electron chi connectivity index (χ0n) is 15.4. The van der Waals surface area contributed by atoms with Gasteiger partial charge in [0, 0.05) is 36.4 Å². The number of benzene rings is 1. The molecule has 0 aromatic heterocycles. The smallest absolute Gasteiger partial charge is 0.124 e. The van der Waals surface area contributed by atoms with Crippen molar-refractivity contribution in [1.82, 2.24) is 0 Å². The highest BCUT2D eigenvalue weighted by atomic mass is 16.5. The van der Waals surface area contributed by atoms with E-state index in [9.17, 15) is 0 Å². The highest BCUT2D eigenvalue weighted by Crippen LogP contribution is 2.29. The van der Waals surface area contributed by atoms with Crippen LogP contribution in [0.2, 0.25) is 0 Å². The van der Waals surface area contributed by atoms with Crippen LogP contribution >= 0.6 is 0 Å². The summed E-state index contributed by atoms with van der Waals surface area (Å²) in [5.74, 6) is -0.0632. The summed E-state index contributed by atoms with van der Waals surface area (Å²) in [7, 11) is 0. The van der Waals surface area contributed by atoms with Crippen LogP contribution in [0.5, 0.6) is 0 Å². The fraction of sp³-hybridized carbons (Fsp3) is 0.556. The first-order valence-electron chi connectivity index (χ1n) is 8.62. The van der Waals surface area contributed by atoms with Gasteiger partial charge < -0.3 is 26.4 Å². The number of ether oxygens (including phenoxy) is 1. The predicted octanol–water partition coefficient (Wildman–Crippen LogP) is 1.94. The third-order valence-electron chi connectivity index (χ3n) is 4.26. The number of nitrogen functional groups attached to an aromatic ring is 2. The molecular formula is C18H30N6O. The molecule has 0 aliphatic carbocycles. The maximum Gasteiger partial charge on any atom is 0.124 e. The van der Waals surface area contributed by atoms with Gasteiger partial charge in [0.2, 0.25) is 0 Å². The molecule has 0 unspecified atom stereocenters. The normalized spacial score (nSPS) is 15.1. The first kappa shape index (κ1) is 19.1. The van der Waals surface area contributed by atoms with E-state index in [1.807, 2.05) is 12.1 Å². The van der Waals surface area contributed by atoms with E-state index in [4.69, 9.17) is 27.0 Å². The lowest BCUT2D eigenvalue weighted by molar-refractivity contribution is 0.122. The van der Waals surface area contributed by atoms with Crippen molar-refractivity contribution in [2.45, 2.75) is 27.2 Å². The number of nitrogens with two attached hydrogens (primary N) is 2. The van der Waals surface area contributed by atoms with Gasteiger partial charge in [0.15, 0.2) is 0 Å². The molecule has 1 aliphatic heterocycles. The number of morpholine rings is 1. The summed E-state index contributed by atoms with van der Waals surface area (Å²) in [4.78, 5) is 2.17. The highest BCUT2D eigenvalue weighted by molar-refractivity contribution is 6.09. The maximum absolute atomic E-state index is 7.97. The third kappa shape index (κ3) is 5.09. The molecule has 1 aromatic rings. The molecule has 7 heteroatoms. The average Bonchev–Trinajstić information content (AvgIpc) is 2.54. The summed E-state index contributed by atoms with van der Waals surface area (Å²) in [6.07, 6.45) is 0.951. The third-order valence-corrected chi connectivity index (χ3v) is 4.26. The van der Waals surface area contributed by atoms with Crippen molar-refractivity contribution >= 4 is 23.0 Å². The van der Waals surface area contributed by atoms with Crippen molar-refractivity contribution in [2.24, 2.45) is 16.9 Å². The second-order valence-electron chi connectivity index (χ2n) is 7.58. The summed E-state index contributed by atoms with van der Waals surface area (Å²) >= 11 is 0. The zero-order valence-corrected chi connectivity index (χ0v) is 15.4. The minimum atomic E-state index is -0.0316. The van der Waals surface area contributed by atoms with Gasteiger partial charge >= 0.3 is 0 Å². The molecule has 7 N–H and O–H groups in total. The second-order valence-corrected chi connectivity index (χ2v) is 7.58. The molecule has 2 rings (SSSR count). The molecule has 0 radical (unpaired) electrons. The lowest BCUT2D eigenvalue weighted by atomic mass is 9.92. The van der Waals surface area contributed by atoms with E-state index < -0.39 is 0 Å². The van der Waals surface area contributed by atoms with Crippen molar-refractivity contribution < 1.29 is 4.74 Å². The van der Waals surface area contributed by atoms with Crippen LogP contribution in [0, 0.1) is 16.2 Å². The largest absolute Gasteiger partial charge is 0.384 e. The number of rotatable bonds is 6. The fourth-order valence-corrected chi connectivity index (χ4v) is 2.81. The van der Waals surface area contributed by atoms with E-state index in [2.05, 4.69) is 31.0 Å². The molecule has 0 saturated carbocycles. The first-order valence-corrected chi connectivity index (χ1v) is 8.62. The van der Waals surface area contributed by atoms with Gasteiger partial charge in [-0.15, -0.1) is 0 Å². The molecule has 1 saturated heterocycles. The minimum absolute atomic E-state index is 0.0316. The van der Waals surface area contributed by atoms with Gasteiger partial charge in [-0.3, -0.25) is 10.8 Å². The summed E-state index contributed by atoms with van der Waals surface area (Å²) in [6, 6.07) is 3.80. The van der Waals surface area contributed by atoms with Gasteiger partial charge in [-0.05, 0) is 24.0 Å². The highest BCUT2D eigenvalue weighted by Gasteiger charge is 2.20. The number of hydrogen-bond acceptors (Lipinski definition) is 5. The second kappa shape index (κ2) is 7.74. The number of nitrogens with one attached hydrogen (secondary N) is 3. The number of anilines is 2. The van der Waals surface area contributed by atoms with Gasteiger partial charge in [-0.1, -0.05) is 20.8 Å². The van der Waals surface area contributed by atoms with Crippen LogP contribution in [-0.4, -0.2) is 44.5 Å². The van der Waals surface area contributed by atoms with Gasteiger partial charge in [0.25, 0.3) is 0 Å². The maximum atomic E-state index is 7.97. The summed E-state index contributed by atoms with van der Waals surface area (Å²) in [5.41, 5.74) is 14.6. The Labute approximate surface area is 149 Å². The van der Waals surface area contributed by atoms with E-state index in [-0.39, 0.29) is 17.1 Å². The number of nitrogens with zero attached hydrogens (tertiary/aromatic N) is 1. The van der Waals surface area contributed by atoms with E-state index >= 15 is 0 Å². The van der Waals surface area contributed by atoms with Crippen LogP contribution in [0.25, 0.3) is 0 Å². The number of hydrogen-bond donors (Lipinski definition) is 5. The quantitative estimate of drug-likeness (QED) is 0.398. The van der Waals surface area contributed by atoms with Crippen LogP contribution in [-0.2, 0) is 4.74 Å². The van der Waals surface area contributed by atoms with Crippen molar-refractivity contribution in [3.05, 3.63) is 23.3 Å². The molecular weight excluding hydrogens is 316 g/mol. The molecule has 1 fully saturated rings. The lowest BCUT2D eigenvalue weighted by Gasteiger charge is -2.30. The Morgan fingerprint density at radius 3 is 2.08 bits per heavy atom. The van der Waals surface area contributed by atoms with Crippen molar-refractivity contribution in [3.63, 3.8) is 0 Å². The molecule has 0 bridgehead atoms. The van der Waals surface area contributed by atoms with Crippen molar-refractivity contribution in [2.75, 3.05) is 43.1 Å². The fourth-order valence-electron chi connectivity index (χ4n) is 2.81. The van der Waals surface area contributed by atoms with E-state index in [0.29, 0.717) is 30.0 Å². The van der Waals surface area contributed by atoms with Crippen LogP contribution in [0.1, 0.15) is 38.3 Å². The molecule has 1 aliphatic rings. The summed E-state index contributed by atoms with van der Waals surface area (Å²) in [6.45, 7) is 10.1. The van der Waals surface area contributed by atoms with Crippen LogP contribution in [0.4, 0.5) is 11.4 Å². The average molecular weight is 346 g/mol. The Morgan fingerprint density at radius 1 is 1.12 bits per heavy atom. The molecule has 0 spiro atoms. The Morgan fingerprint density at radius 2 is 1.64 bits per heavy atom. The monoisotopic (exact) mass is 346 g/mol. The first-order chi connectivity index (χ1) is 11.7. The summed E-state index contributed by atoms with van der Waals surface area (Å²) in [5, 5.41) is 19.3. The van der Waals surface area contributed by atoms with Gasteiger partial charge in [-0.2, -0.15) is 0 Å². The van der Waals surface area contributed by atoms with Gasteiger partial charge in [0.1, 0.15) is 11.7 Å². The Bertz CT molecular complexity index is 608. The Balaban J connectivity index is 2.38. The Kier molecular flexibility index (Phi) is 5.89. The summed E-state index contributed by atoms with van der Waals surface area (Å²) < 4.78 is 5.40. The van der Waals surface area contributed by atoms with Crippen LogP contribution in [0.3, 0.4) is 0 Å². The Hall–Kier alpha value is -2.28. The van der Waals surface area contributed by atoms with E-state index in [1.165, 1.54) is 0 Å². The van der Waals surface area contributed by atoms with Gasteiger partial charge in [-0.25, -0.2) is 0 Å². The molecule has 1 heterocycles. The van der Waals surface area contributed by atoms with E-state index in [1.54, 1.807) is 0 Å². The zero-order chi connectivity index (χ0) is 18.6. The SMILES string of the molecule is CC(C)(C)CCNc1c(C(=N)N)cc(N2CCOCC2)cc1C(=N)N. The molecule has 1 aromatic carbocycles. The van der Waals surface area contributed by atoms with Crippen molar-refractivity contribution in [1.29, 1.82) is 10.8 Å². The molecule has 138 valence electrons. The minimum Gasteiger partial charge on any atom is -0.384 e. The number of amidine groups is 2. The predicted molar refractivity (Wildman–Crippen MR) is 104 cm³/mol. The van der Waals surface area contributed by atoms with E-state index in [0.717, 1.165) is 31.7 Å². The van der Waals surface area contributed by atoms with Gasteiger partial charge in [0.05, 0.1) is 18.9 Å². The molecule has 25 heavy (non-hydrogen) atoms. The lowest BCUT2D eigenvalue weighted by Crippen LogP contribution is -2.36. The molecule has 0 atom stereocenters. The van der Waals surface area contributed by atoms with Crippen molar-refractivity contribution in [3.8, 4) is 0 Å². The standard InChI is InChI=1S/C18H30N6O/c1-18(2,3)4-5-23-15-13(16(19)20)10-12(11-14(15)17(21)22)24-6-8-25-9-7-24/h10-11,23H,4-9H2,1-3H3,(H3,19,20)(H3,21,22). The molecule has 0 amide bonds. The van der Waals surface area contributed by atoms with Crippen LogP contribution in [0.15, 0.2) is 12.1 Å². The topological polar surface area (TPSA) is 124 Å². The molecule has 7 nitrogen and oxygen atoms in total.